The van der Waals surface area contributed by atoms with E-state index in [-0.39, 0.29) is 18.7 Å². The summed E-state index contributed by atoms with van der Waals surface area (Å²) in [5.41, 5.74) is 0.953. The van der Waals surface area contributed by atoms with Crippen LogP contribution in [0.1, 0.15) is 49.3 Å². The van der Waals surface area contributed by atoms with E-state index in [4.69, 9.17) is 10.00 Å². The van der Waals surface area contributed by atoms with E-state index in [1.54, 1.807) is 30.6 Å². The Morgan fingerprint density at radius 3 is 2.33 bits per heavy atom. The zero-order valence-corrected chi connectivity index (χ0v) is 20.0. The maximum absolute atomic E-state index is 15.2. The normalized spacial score (nSPS) is 11.0. The minimum absolute atomic E-state index is 0.237. The van der Waals surface area contributed by atoms with E-state index in [1.165, 1.54) is 18.9 Å². The summed E-state index contributed by atoms with van der Waals surface area (Å²) in [5.74, 6) is -1.06. The van der Waals surface area contributed by atoms with Crippen LogP contribution in [0, 0.1) is 28.8 Å². The molecule has 0 spiro atoms. The van der Waals surface area contributed by atoms with Gasteiger partial charge in [0.25, 0.3) is 0 Å². The second-order valence-corrected chi connectivity index (χ2v) is 8.67. The van der Waals surface area contributed by atoms with Gasteiger partial charge in [-0.1, -0.05) is 50.5 Å². The van der Waals surface area contributed by atoms with Crippen molar-refractivity contribution in [3.8, 4) is 23.2 Å². The standard InChI is InChI=1S/C29H26F3N3O/c1-2-3-4-5-12-36-23-17-34-29(35-18-23)22-10-11-24-21(15-22)9-8-20(28(24)32)7-6-19-13-26(30)25(16-33)27(31)14-19/h8-11,13-15,17-18H,2-7,12H2,1H3. The first-order chi connectivity index (χ1) is 17.5. The van der Waals surface area contributed by atoms with Crippen LogP contribution >= 0.6 is 0 Å². The van der Waals surface area contributed by atoms with Crippen molar-refractivity contribution < 1.29 is 17.9 Å². The van der Waals surface area contributed by atoms with Crippen molar-refractivity contribution in [2.75, 3.05) is 6.61 Å². The van der Waals surface area contributed by atoms with Gasteiger partial charge in [0.15, 0.2) is 11.6 Å². The van der Waals surface area contributed by atoms with Crippen LogP contribution in [0.3, 0.4) is 0 Å². The quantitative estimate of drug-likeness (QED) is 0.219. The molecule has 0 fully saturated rings. The van der Waals surface area contributed by atoms with E-state index in [1.807, 2.05) is 12.1 Å². The second kappa shape index (κ2) is 11.7. The Bertz CT molecular complexity index is 1370. The number of halogens is 3. The van der Waals surface area contributed by atoms with E-state index >= 15 is 4.39 Å². The van der Waals surface area contributed by atoms with Gasteiger partial charge in [0.2, 0.25) is 0 Å². The van der Waals surface area contributed by atoms with Crippen LogP contribution < -0.4 is 4.74 Å². The lowest BCUT2D eigenvalue weighted by Crippen LogP contribution is -2.00. The highest BCUT2D eigenvalue weighted by Gasteiger charge is 2.13. The molecule has 0 bridgehead atoms. The van der Waals surface area contributed by atoms with E-state index in [0.717, 1.165) is 30.5 Å². The van der Waals surface area contributed by atoms with Crippen LogP contribution in [-0.4, -0.2) is 16.6 Å². The highest BCUT2D eigenvalue weighted by molar-refractivity contribution is 5.87. The fourth-order valence-corrected chi connectivity index (χ4v) is 4.08. The summed E-state index contributed by atoms with van der Waals surface area (Å²) in [5, 5.41) is 9.94. The molecule has 0 aliphatic rings. The Morgan fingerprint density at radius 1 is 0.889 bits per heavy atom. The number of fused-ring (bicyclic) bond motifs is 1. The minimum Gasteiger partial charge on any atom is -0.490 e. The Morgan fingerprint density at radius 2 is 1.64 bits per heavy atom. The van der Waals surface area contributed by atoms with Crippen molar-refractivity contribution in [3.05, 3.63) is 89.0 Å². The molecule has 0 radical (unpaired) electrons. The van der Waals surface area contributed by atoms with Crippen molar-refractivity contribution >= 4 is 10.8 Å². The van der Waals surface area contributed by atoms with E-state index < -0.39 is 17.2 Å². The molecule has 36 heavy (non-hydrogen) atoms. The van der Waals surface area contributed by atoms with Crippen LogP contribution in [0.5, 0.6) is 5.75 Å². The summed E-state index contributed by atoms with van der Waals surface area (Å²) >= 11 is 0. The average molecular weight is 490 g/mol. The molecule has 1 aromatic heterocycles. The number of nitriles is 1. The molecule has 0 unspecified atom stereocenters. The van der Waals surface area contributed by atoms with Crippen molar-refractivity contribution in [1.29, 1.82) is 5.26 Å². The van der Waals surface area contributed by atoms with Gasteiger partial charge in [0.1, 0.15) is 29.1 Å². The third-order valence-corrected chi connectivity index (χ3v) is 6.08. The first-order valence-electron chi connectivity index (χ1n) is 12.0. The lowest BCUT2D eigenvalue weighted by molar-refractivity contribution is 0.303. The number of rotatable bonds is 10. The molecule has 0 aliphatic heterocycles. The Hall–Kier alpha value is -3.92. The van der Waals surface area contributed by atoms with Crippen LogP contribution in [0.25, 0.3) is 22.2 Å². The number of aromatic nitrogens is 2. The predicted octanol–water partition coefficient (Wildman–Crippen LogP) is 7.33. The third-order valence-electron chi connectivity index (χ3n) is 6.08. The summed E-state index contributed by atoms with van der Waals surface area (Å²) in [6.07, 6.45) is 8.29. The smallest absolute Gasteiger partial charge is 0.159 e. The average Bonchev–Trinajstić information content (AvgIpc) is 2.88. The molecule has 1 heterocycles. The Balaban J connectivity index is 1.45. The second-order valence-electron chi connectivity index (χ2n) is 8.67. The zero-order valence-electron chi connectivity index (χ0n) is 20.0. The molecule has 184 valence electrons. The van der Waals surface area contributed by atoms with Crippen LogP contribution in [-0.2, 0) is 12.8 Å². The molecule has 0 N–H and O–H groups in total. The van der Waals surface area contributed by atoms with Gasteiger partial charge in [-0.2, -0.15) is 5.26 Å². The van der Waals surface area contributed by atoms with Crippen molar-refractivity contribution in [2.45, 2.75) is 45.4 Å². The lowest BCUT2D eigenvalue weighted by Gasteiger charge is -2.10. The summed E-state index contributed by atoms with van der Waals surface area (Å²) in [4.78, 5) is 8.78. The Labute approximate surface area is 208 Å². The molecular weight excluding hydrogens is 463 g/mol. The van der Waals surface area contributed by atoms with Gasteiger partial charge in [-0.25, -0.2) is 23.1 Å². The largest absolute Gasteiger partial charge is 0.490 e. The number of hydrogen-bond acceptors (Lipinski definition) is 4. The van der Waals surface area contributed by atoms with Crippen molar-refractivity contribution in [2.24, 2.45) is 0 Å². The summed E-state index contributed by atoms with van der Waals surface area (Å²) in [7, 11) is 0. The maximum Gasteiger partial charge on any atom is 0.159 e. The monoisotopic (exact) mass is 489 g/mol. The molecule has 4 aromatic rings. The van der Waals surface area contributed by atoms with E-state index in [0.29, 0.717) is 40.1 Å². The SMILES string of the molecule is CCCCCCOc1cnc(-c2ccc3c(F)c(CCc4cc(F)c(C#N)c(F)c4)ccc3c2)nc1. The van der Waals surface area contributed by atoms with Gasteiger partial charge in [-0.3, -0.25) is 0 Å². The molecule has 0 saturated carbocycles. The minimum atomic E-state index is -0.909. The summed E-state index contributed by atoms with van der Waals surface area (Å²) in [6.45, 7) is 2.80. The van der Waals surface area contributed by atoms with Crippen LogP contribution in [0.4, 0.5) is 13.2 Å². The zero-order chi connectivity index (χ0) is 25.5. The predicted molar refractivity (Wildman–Crippen MR) is 133 cm³/mol. The molecule has 3 aromatic carbocycles. The number of aryl methyl sites for hydroxylation is 2. The van der Waals surface area contributed by atoms with Gasteiger partial charge < -0.3 is 4.74 Å². The molecule has 0 amide bonds. The maximum atomic E-state index is 15.2. The Kier molecular flexibility index (Phi) is 8.17. The number of nitrogens with zero attached hydrogens (tertiary/aromatic N) is 3. The number of benzene rings is 3. The van der Waals surface area contributed by atoms with Gasteiger partial charge in [0.05, 0.1) is 19.0 Å². The molecule has 4 rings (SSSR count). The molecule has 0 aliphatic carbocycles. The van der Waals surface area contributed by atoms with Gasteiger partial charge in [-0.05, 0) is 54.0 Å². The van der Waals surface area contributed by atoms with Gasteiger partial charge >= 0.3 is 0 Å². The van der Waals surface area contributed by atoms with Crippen molar-refractivity contribution in [3.63, 3.8) is 0 Å². The first-order valence-corrected chi connectivity index (χ1v) is 12.0. The summed E-state index contributed by atoms with van der Waals surface area (Å²) < 4.78 is 48.6. The molecule has 4 nitrogen and oxygen atoms in total. The fourth-order valence-electron chi connectivity index (χ4n) is 4.08. The molecule has 0 saturated heterocycles. The molecule has 0 atom stereocenters. The fraction of sp³-hybridized carbons (Fsp3) is 0.276. The highest BCUT2D eigenvalue weighted by Crippen LogP contribution is 2.27. The van der Waals surface area contributed by atoms with E-state index in [2.05, 4.69) is 16.9 Å². The van der Waals surface area contributed by atoms with Crippen LogP contribution in [0.15, 0.2) is 54.9 Å². The number of ether oxygens (including phenoxy) is 1. The number of hydrogen-bond donors (Lipinski definition) is 0. The van der Waals surface area contributed by atoms with Gasteiger partial charge in [-0.15, -0.1) is 0 Å². The summed E-state index contributed by atoms with van der Waals surface area (Å²) in [6, 6.07) is 12.5. The topological polar surface area (TPSA) is 58.8 Å². The number of unbranched alkanes of at least 4 members (excludes halogenated alkanes) is 3. The van der Waals surface area contributed by atoms with Crippen molar-refractivity contribution in [1.82, 2.24) is 9.97 Å². The molecular formula is C29H26F3N3O. The van der Waals surface area contributed by atoms with E-state index in [9.17, 15) is 8.78 Å². The van der Waals surface area contributed by atoms with Gasteiger partial charge in [0, 0.05) is 10.9 Å². The molecule has 7 heteroatoms. The highest BCUT2D eigenvalue weighted by atomic mass is 19.1. The lowest BCUT2D eigenvalue weighted by atomic mass is 9.98. The third kappa shape index (κ3) is 5.83. The first kappa shape index (κ1) is 25.2. The van der Waals surface area contributed by atoms with Crippen LogP contribution in [0.2, 0.25) is 0 Å².